The van der Waals surface area contributed by atoms with Crippen LogP contribution in [-0.2, 0) is 13.6 Å². The molecule has 2 N–H and O–H groups in total. The number of carboxylic acids is 1. The molecule has 0 atom stereocenters. The molecule has 1 aromatic carbocycles. The number of fused-ring (bicyclic) bond motifs is 2. The minimum Gasteiger partial charge on any atom is -0.477 e. The average Bonchev–Trinajstić information content (AvgIpc) is 3.23. The van der Waals surface area contributed by atoms with E-state index >= 15 is 0 Å². The van der Waals surface area contributed by atoms with Crippen LogP contribution in [0.4, 0.5) is 0 Å². The Bertz CT molecular complexity index is 1270. The van der Waals surface area contributed by atoms with Crippen molar-refractivity contribution in [2.45, 2.75) is 6.54 Å². The summed E-state index contributed by atoms with van der Waals surface area (Å²) in [5, 5.41) is 12.0. The van der Waals surface area contributed by atoms with Gasteiger partial charge in [-0.1, -0.05) is 6.07 Å². The van der Waals surface area contributed by atoms with Crippen molar-refractivity contribution >= 4 is 28.8 Å². The lowest BCUT2D eigenvalue weighted by atomic mass is 10.2. The third-order valence-corrected chi connectivity index (χ3v) is 4.14. The second kappa shape index (κ2) is 6.09. The number of nitrogens with one attached hydrogen (secondary N) is 1. The number of rotatable bonds is 4. The Labute approximate surface area is 150 Å². The maximum Gasteiger partial charge on any atom is 0.419 e. The number of oxazole rings is 1. The molecule has 136 valence electrons. The van der Waals surface area contributed by atoms with Crippen LogP contribution in [0.3, 0.4) is 0 Å². The van der Waals surface area contributed by atoms with Crippen molar-refractivity contribution < 1.29 is 19.1 Å². The lowest BCUT2D eigenvalue weighted by Crippen LogP contribution is -2.25. The van der Waals surface area contributed by atoms with E-state index in [-0.39, 0.29) is 23.7 Å². The van der Waals surface area contributed by atoms with Crippen LogP contribution in [-0.4, -0.2) is 35.9 Å². The summed E-state index contributed by atoms with van der Waals surface area (Å²) in [5.74, 6) is -2.08. The Morgan fingerprint density at radius 2 is 2.11 bits per heavy atom. The van der Waals surface area contributed by atoms with Gasteiger partial charge < -0.3 is 14.8 Å². The maximum atomic E-state index is 12.4. The third kappa shape index (κ3) is 2.82. The van der Waals surface area contributed by atoms with Gasteiger partial charge in [0, 0.05) is 32.1 Å². The molecule has 10 heteroatoms. The number of hydrogen-bond donors (Lipinski definition) is 2. The molecule has 3 heterocycles. The maximum absolute atomic E-state index is 12.4. The first-order chi connectivity index (χ1) is 12.9. The summed E-state index contributed by atoms with van der Waals surface area (Å²) in [6, 6.07) is 6.29. The van der Waals surface area contributed by atoms with Gasteiger partial charge in [-0.05, 0) is 17.7 Å². The van der Waals surface area contributed by atoms with Crippen molar-refractivity contribution in [1.29, 1.82) is 0 Å². The van der Waals surface area contributed by atoms with E-state index in [1.54, 1.807) is 25.2 Å². The zero-order valence-electron chi connectivity index (χ0n) is 14.0. The van der Waals surface area contributed by atoms with Crippen LogP contribution in [0.5, 0.6) is 0 Å². The van der Waals surface area contributed by atoms with Gasteiger partial charge in [-0.15, -0.1) is 0 Å². The molecular formula is C17H13N5O5. The molecule has 4 aromatic rings. The number of carboxylic acid groups (broad SMARTS) is 1. The predicted molar refractivity (Wildman–Crippen MR) is 92.6 cm³/mol. The number of hydrogen-bond acceptors (Lipinski definition) is 6. The number of aromatic nitrogens is 4. The molecule has 1 amide bonds. The van der Waals surface area contributed by atoms with E-state index in [4.69, 9.17) is 4.42 Å². The molecule has 0 fully saturated rings. The normalized spacial score (nSPS) is 11.1. The van der Waals surface area contributed by atoms with Gasteiger partial charge in [0.15, 0.2) is 5.58 Å². The SMILES string of the molecule is Cn1c(=O)oc2ccc(CNC(=O)c3cc(C(=O)O)n4ccnc4n3)cc21. The highest BCUT2D eigenvalue weighted by molar-refractivity contribution is 5.95. The summed E-state index contributed by atoms with van der Waals surface area (Å²) in [6.45, 7) is 0.165. The van der Waals surface area contributed by atoms with Crippen LogP contribution < -0.4 is 11.1 Å². The molecule has 0 spiro atoms. The summed E-state index contributed by atoms with van der Waals surface area (Å²) in [6.07, 6.45) is 2.86. The summed E-state index contributed by atoms with van der Waals surface area (Å²) in [7, 11) is 1.59. The Balaban J connectivity index is 1.59. The van der Waals surface area contributed by atoms with E-state index < -0.39 is 17.6 Å². The van der Waals surface area contributed by atoms with Crippen molar-refractivity contribution in [3.8, 4) is 0 Å². The van der Waals surface area contributed by atoms with Crippen LogP contribution in [0.2, 0.25) is 0 Å². The standard InChI is InChI=1S/C17H13N5O5/c1-21-11-6-9(2-3-13(11)27-17(21)26)8-19-14(23)10-7-12(15(24)25)22-5-4-18-16(22)20-10/h2-7H,8H2,1H3,(H,19,23)(H,24,25). The molecule has 0 aliphatic rings. The molecule has 0 radical (unpaired) electrons. The zero-order chi connectivity index (χ0) is 19.1. The fraction of sp³-hybridized carbons (Fsp3) is 0.118. The first-order valence-corrected chi connectivity index (χ1v) is 7.88. The number of benzene rings is 1. The fourth-order valence-electron chi connectivity index (χ4n) is 2.74. The van der Waals surface area contributed by atoms with Gasteiger partial charge in [0.25, 0.3) is 5.91 Å². The van der Waals surface area contributed by atoms with Gasteiger partial charge in [0.1, 0.15) is 11.4 Å². The molecule has 27 heavy (non-hydrogen) atoms. The van der Waals surface area contributed by atoms with Gasteiger partial charge >= 0.3 is 11.7 Å². The van der Waals surface area contributed by atoms with Gasteiger partial charge in [0.2, 0.25) is 5.78 Å². The Kier molecular flexibility index (Phi) is 3.73. The number of aromatic carboxylic acids is 1. The molecule has 0 aliphatic heterocycles. The summed E-state index contributed by atoms with van der Waals surface area (Å²) < 4.78 is 7.72. The topological polar surface area (TPSA) is 132 Å². The highest BCUT2D eigenvalue weighted by atomic mass is 16.4. The Morgan fingerprint density at radius 3 is 2.89 bits per heavy atom. The van der Waals surface area contributed by atoms with E-state index in [1.807, 2.05) is 0 Å². The number of amides is 1. The number of imidazole rings is 1. The molecule has 0 saturated carbocycles. The lowest BCUT2D eigenvalue weighted by Gasteiger charge is -2.07. The van der Waals surface area contributed by atoms with Crippen molar-refractivity contribution in [3.63, 3.8) is 0 Å². The highest BCUT2D eigenvalue weighted by Crippen LogP contribution is 2.14. The van der Waals surface area contributed by atoms with Crippen molar-refractivity contribution in [1.82, 2.24) is 24.3 Å². The van der Waals surface area contributed by atoms with Crippen LogP contribution in [0, 0.1) is 0 Å². The third-order valence-electron chi connectivity index (χ3n) is 4.14. The first kappa shape index (κ1) is 16.5. The van der Waals surface area contributed by atoms with E-state index in [0.29, 0.717) is 11.1 Å². The molecule has 0 saturated heterocycles. The monoisotopic (exact) mass is 367 g/mol. The van der Waals surface area contributed by atoms with Crippen LogP contribution in [0.25, 0.3) is 16.9 Å². The molecule has 10 nitrogen and oxygen atoms in total. The average molecular weight is 367 g/mol. The lowest BCUT2D eigenvalue weighted by molar-refractivity contribution is 0.0688. The first-order valence-electron chi connectivity index (χ1n) is 7.88. The molecule has 0 bridgehead atoms. The van der Waals surface area contributed by atoms with E-state index in [0.717, 1.165) is 5.56 Å². The van der Waals surface area contributed by atoms with Crippen molar-refractivity contribution in [2.75, 3.05) is 0 Å². The second-order valence-electron chi connectivity index (χ2n) is 5.84. The van der Waals surface area contributed by atoms with E-state index in [2.05, 4.69) is 15.3 Å². The molecule has 0 aliphatic carbocycles. The van der Waals surface area contributed by atoms with Crippen LogP contribution in [0.15, 0.2) is 45.9 Å². The number of carbonyl (C=O) groups excluding carboxylic acids is 1. The van der Waals surface area contributed by atoms with Gasteiger partial charge in [-0.3, -0.25) is 13.8 Å². The largest absolute Gasteiger partial charge is 0.477 e. The van der Waals surface area contributed by atoms with Gasteiger partial charge in [-0.25, -0.2) is 19.6 Å². The van der Waals surface area contributed by atoms with Gasteiger partial charge in [-0.2, -0.15) is 0 Å². The number of aryl methyl sites for hydroxylation is 1. The van der Waals surface area contributed by atoms with Crippen molar-refractivity contribution in [3.05, 3.63) is 64.2 Å². The second-order valence-corrected chi connectivity index (χ2v) is 5.84. The number of nitrogens with zero attached hydrogens (tertiary/aromatic N) is 4. The summed E-state index contributed by atoms with van der Waals surface area (Å²) >= 11 is 0. The van der Waals surface area contributed by atoms with E-state index in [9.17, 15) is 19.5 Å². The fourth-order valence-corrected chi connectivity index (χ4v) is 2.74. The summed E-state index contributed by atoms with van der Waals surface area (Å²) in [4.78, 5) is 43.3. The predicted octanol–water partition coefficient (Wildman–Crippen LogP) is 0.802. The molecule has 0 unspecified atom stereocenters. The quantitative estimate of drug-likeness (QED) is 0.545. The Hall–Kier alpha value is -3.95. The molecule has 4 rings (SSSR count). The van der Waals surface area contributed by atoms with Crippen molar-refractivity contribution in [2.24, 2.45) is 7.05 Å². The highest BCUT2D eigenvalue weighted by Gasteiger charge is 2.16. The molecular weight excluding hydrogens is 354 g/mol. The number of carbonyl (C=O) groups is 2. The minimum absolute atomic E-state index is 0.0529. The minimum atomic E-state index is -1.19. The smallest absolute Gasteiger partial charge is 0.419 e. The van der Waals surface area contributed by atoms with E-state index in [1.165, 1.54) is 27.4 Å². The van der Waals surface area contributed by atoms with Crippen LogP contribution >= 0.6 is 0 Å². The van der Waals surface area contributed by atoms with Crippen LogP contribution in [0.1, 0.15) is 26.5 Å². The van der Waals surface area contributed by atoms with Gasteiger partial charge in [0.05, 0.1) is 5.52 Å². The summed E-state index contributed by atoms with van der Waals surface area (Å²) in [5.41, 5.74) is 1.64. The Morgan fingerprint density at radius 1 is 1.30 bits per heavy atom. The molecule has 3 aromatic heterocycles. The zero-order valence-corrected chi connectivity index (χ0v) is 14.0.